The summed E-state index contributed by atoms with van der Waals surface area (Å²) < 4.78 is 11.0. The van der Waals surface area contributed by atoms with E-state index in [4.69, 9.17) is 9.47 Å². The van der Waals surface area contributed by atoms with Crippen LogP contribution in [0.2, 0.25) is 0 Å². The topological polar surface area (TPSA) is 73.3 Å². The molecule has 1 aliphatic heterocycles. The molecule has 27 heavy (non-hydrogen) atoms. The Balaban J connectivity index is 1.28. The maximum absolute atomic E-state index is 12.2. The third-order valence-corrected chi connectivity index (χ3v) is 8.04. The van der Waals surface area contributed by atoms with Gasteiger partial charge in [-0.15, -0.1) is 0 Å². The quantitative estimate of drug-likeness (QED) is 0.486. The first kappa shape index (κ1) is 20.6. The van der Waals surface area contributed by atoms with Gasteiger partial charge in [0.05, 0.1) is 19.5 Å². The Hall–Kier alpha value is -1.15. The van der Waals surface area contributed by atoms with Crippen LogP contribution in [0.25, 0.3) is 0 Å². The molecule has 8 heteroatoms. The van der Waals surface area contributed by atoms with Crippen LogP contribution in [0.1, 0.15) is 57.8 Å². The second kappa shape index (κ2) is 11.0. The zero-order chi connectivity index (χ0) is 18.9. The van der Waals surface area contributed by atoms with E-state index in [1.54, 1.807) is 19.5 Å². The molecule has 1 aliphatic carbocycles. The van der Waals surface area contributed by atoms with Gasteiger partial charge in [-0.1, -0.05) is 28.0 Å². The molecule has 1 aromatic heterocycles. The lowest BCUT2D eigenvalue weighted by Gasteiger charge is -2.29. The van der Waals surface area contributed by atoms with Crippen molar-refractivity contribution in [2.24, 2.45) is 0 Å². The first-order valence-electron chi connectivity index (χ1n) is 9.83. The number of aromatic nitrogens is 2. The second-order valence-corrected chi connectivity index (χ2v) is 9.92. The maximum atomic E-state index is 12.2. The van der Waals surface area contributed by atoms with Crippen LogP contribution in [0.3, 0.4) is 0 Å². The maximum Gasteiger partial charge on any atom is 0.235 e. The van der Waals surface area contributed by atoms with Gasteiger partial charge in [-0.3, -0.25) is 9.78 Å². The largest absolute Gasteiger partial charge is 0.480 e. The number of carbonyl (C=O) groups is 1. The lowest BCUT2D eigenvalue weighted by molar-refractivity contribution is -0.122. The summed E-state index contributed by atoms with van der Waals surface area (Å²) >= 11 is 0. The average Bonchev–Trinajstić information content (AvgIpc) is 3.20. The molecule has 2 heterocycles. The Morgan fingerprint density at radius 2 is 2.00 bits per heavy atom. The van der Waals surface area contributed by atoms with E-state index in [0.29, 0.717) is 18.2 Å². The van der Waals surface area contributed by atoms with Crippen molar-refractivity contribution in [3.8, 4) is 11.8 Å². The van der Waals surface area contributed by atoms with Gasteiger partial charge in [0.25, 0.3) is 0 Å². The van der Waals surface area contributed by atoms with Crippen molar-refractivity contribution in [1.29, 1.82) is 0 Å². The summed E-state index contributed by atoms with van der Waals surface area (Å²) in [5.74, 6) is 2.44. The van der Waals surface area contributed by atoms with Crippen LogP contribution in [0.5, 0.6) is 11.8 Å². The molecule has 1 N–H and O–H groups in total. The van der Waals surface area contributed by atoms with Gasteiger partial charge in [-0.05, 0) is 44.9 Å². The van der Waals surface area contributed by atoms with E-state index in [0.717, 1.165) is 43.8 Å². The summed E-state index contributed by atoms with van der Waals surface area (Å²) in [5.41, 5.74) is 0. The highest BCUT2D eigenvalue weighted by Gasteiger charge is 2.24. The fourth-order valence-electron chi connectivity index (χ4n) is 3.50. The van der Waals surface area contributed by atoms with Crippen molar-refractivity contribution in [3.63, 3.8) is 0 Å². The van der Waals surface area contributed by atoms with E-state index in [-0.39, 0.29) is 18.1 Å². The highest BCUT2D eigenvalue weighted by atomic mass is 33.1. The van der Waals surface area contributed by atoms with Crippen molar-refractivity contribution in [2.75, 3.05) is 12.9 Å². The normalized spacial score (nSPS) is 25.1. The minimum absolute atomic E-state index is 0.126. The molecule has 0 aromatic carbocycles. The number of methoxy groups -OCH3 is 1. The molecule has 0 spiro atoms. The van der Waals surface area contributed by atoms with Crippen LogP contribution < -0.4 is 14.8 Å². The van der Waals surface area contributed by atoms with Gasteiger partial charge in [-0.2, -0.15) is 4.98 Å². The molecule has 6 nitrogen and oxygen atoms in total. The van der Waals surface area contributed by atoms with E-state index in [1.165, 1.54) is 18.6 Å². The molecule has 3 rings (SSSR count). The van der Waals surface area contributed by atoms with Gasteiger partial charge in [0.2, 0.25) is 17.7 Å². The van der Waals surface area contributed by atoms with Gasteiger partial charge in [-0.25, -0.2) is 0 Å². The average molecular weight is 412 g/mol. The summed E-state index contributed by atoms with van der Waals surface area (Å²) in [7, 11) is 5.57. The number of unbranched alkanes of at least 4 members (excludes halogenated alkanes) is 1. The fraction of sp³-hybridized carbons (Fsp3) is 0.737. The molecule has 1 unspecified atom stereocenters. The van der Waals surface area contributed by atoms with Crippen LogP contribution in [-0.2, 0) is 4.79 Å². The third kappa shape index (κ3) is 7.07. The predicted molar refractivity (Wildman–Crippen MR) is 110 cm³/mol. The van der Waals surface area contributed by atoms with Crippen molar-refractivity contribution in [1.82, 2.24) is 15.3 Å². The second-order valence-electron chi connectivity index (χ2n) is 7.13. The zero-order valence-electron chi connectivity index (χ0n) is 15.9. The first-order chi connectivity index (χ1) is 13.2. The van der Waals surface area contributed by atoms with E-state index in [9.17, 15) is 4.79 Å². The molecular formula is C19H29N3O3S2. The summed E-state index contributed by atoms with van der Waals surface area (Å²) in [6.45, 7) is 0. The lowest BCUT2D eigenvalue weighted by Crippen LogP contribution is -2.39. The highest BCUT2D eigenvalue weighted by molar-refractivity contribution is 8.77. The van der Waals surface area contributed by atoms with Crippen molar-refractivity contribution < 1.29 is 14.3 Å². The lowest BCUT2D eigenvalue weighted by atomic mass is 9.93. The Bertz CT molecular complexity index is 591. The number of ether oxygens (including phenoxy) is 2. The summed E-state index contributed by atoms with van der Waals surface area (Å²) in [6, 6.07) is 0.274. The van der Waals surface area contributed by atoms with E-state index >= 15 is 0 Å². The number of nitrogens with one attached hydrogen (secondary N) is 1. The number of carbonyl (C=O) groups excluding carboxylic acids is 1. The van der Waals surface area contributed by atoms with Crippen molar-refractivity contribution >= 4 is 27.5 Å². The molecule has 150 valence electrons. The molecule has 2 fully saturated rings. The molecule has 0 radical (unpaired) electrons. The van der Waals surface area contributed by atoms with Gasteiger partial charge in [0, 0.05) is 23.5 Å². The molecule has 1 atom stereocenters. The van der Waals surface area contributed by atoms with Crippen molar-refractivity contribution in [3.05, 3.63) is 12.4 Å². The molecule has 1 saturated carbocycles. The van der Waals surface area contributed by atoms with E-state index in [2.05, 4.69) is 15.3 Å². The number of rotatable bonds is 9. The molecule has 2 aliphatic rings. The fourth-order valence-corrected chi connectivity index (χ4v) is 6.53. The number of nitrogens with zero attached hydrogens (tertiary/aromatic N) is 2. The highest BCUT2D eigenvalue weighted by Crippen LogP contribution is 2.39. The SMILES string of the molecule is COc1cncc(OC2CCC(NC(=O)CCCCC3CCSS3)CC2)n1. The monoisotopic (exact) mass is 411 g/mol. The zero-order valence-corrected chi connectivity index (χ0v) is 17.5. The van der Waals surface area contributed by atoms with Crippen molar-refractivity contribution in [2.45, 2.75) is 75.2 Å². The summed E-state index contributed by atoms with van der Waals surface area (Å²) in [4.78, 5) is 20.5. The first-order valence-corrected chi connectivity index (χ1v) is 12.2. The molecule has 1 aromatic rings. The van der Waals surface area contributed by atoms with Gasteiger partial charge < -0.3 is 14.8 Å². The standard InChI is InChI=1S/C19H29N3O3S2/c1-24-18-12-20-13-19(22-18)25-15-8-6-14(7-9-15)21-17(23)5-3-2-4-16-10-11-26-27-16/h12-16H,2-11H2,1H3,(H,21,23). The molecular weight excluding hydrogens is 382 g/mol. The minimum atomic E-state index is 0.126. The van der Waals surface area contributed by atoms with E-state index < -0.39 is 0 Å². The Morgan fingerprint density at radius 1 is 1.19 bits per heavy atom. The van der Waals surface area contributed by atoms with Crippen LogP contribution in [0, 0.1) is 0 Å². The Labute approximate surface area is 169 Å². The Morgan fingerprint density at radius 3 is 2.74 bits per heavy atom. The molecule has 1 amide bonds. The summed E-state index contributed by atoms with van der Waals surface area (Å²) in [6.07, 6.45) is 12.4. The third-order valence-electron chi connectivity index (χ3n) is 5.03. The van der Waals surface area contributed by atoms with E-state index in [1.807, 2.05) is 21.6 Å². The van der Waals surface area contributed by atoms with Gasteiger partial charge in [0.1, 0.15) is 6.10 Å². The predicted octanol–water partition coefficient (Wildman–Crippen LogP) is 4.01. The van der Waals surface area contributed by atoms with Gasteiger partial charge >= 0.3 is 0 Å². The number of amides is 1. The molecule has 1 saturated heterocycles. The van der Waals surface area contributed by atoms with Crippen LogP contribution in [0.15, 0.2) is 12.4 Å². The van der Waals surface area contributed by atoms with Crippen LogP contribution in [0.4, 0.5) is 0 Å². The Kier molecular flexibility index (Phi) is 8.38. The number of hydrogen-bond acceptors (Lipinski definition) is 7. The van der Waals surface area contributed by atoms with Crippen LogP contribution in [-0.4, -0.2) is 46.1 Å². The van der Waals surface area contributed by atoms with Gasteiger partial charge in [0.15, 0.2) is 0 Å². The minimum Gasteiger partial charge on any atom is -0.480 e. The summed E-state index contributed by atoms with van der Waals surface area (Å²) in [5, 5.41) is 4.01. The molecule has 0 bridgehead atoms. The van der Waals surface area contributed by atoms with Crippen LogP contribution >= 0.6 is 21.6 Å². The number of hydrogen-bond donors (Lipinski definition) is 1. The smallest absolute Gasteiger partial charge is 0.235 e.